The molecule has 41 heavy (non-hydrogen) atoms. The second kappa shape index (κ2) is 13.8. The Morgan fingerprint density at radius 1 is 0.854 bits per heavy atom. The number of aromatic nitrogens is 1. The number of nitrogens with zero attached hydrogens (tertiary/aromatic N) is 1. The van der Waals surface area contributed by atoms with Crippen molar-refractivity contribution in [1.29, 1.82) is 0 Å². The van der Waals surface area contributed by atoms with Gasteiger partial charge in [0.15, 0.2) is 15.4 Å². The van der Waals surface area contributed by atoms with Gasteiger partial charge >= 0.3 is 0 Å². The number of fused-ring (bicyclic) bond motifs is 1. The fraction of sp³-hybridized carbons (Fsp3) is 0.290. The van der Waals surface area contributed by atoms with E-state index in [1.807, 2.05) is 37.3 Å². The van der Waals surface area contributed by atoms with Crippen LogP contribution in [-0.4, -0.2) is 42.8 Å². The number of benzene rings is 3. The average molecular weight is 576 g/mol. The van der Waals surface area contributed by atoms with Crippen LogP contribution < -0.4 is 10.6 Å². The lowest BCUT2D eigenvalue weighted by molar-refractivity contribution is -0.135. The number of hydrogen-bond acceptors (Lipinski definition) is 7. The van der Waals surface area contributed by atoms with Crippen LogP contribution in [0.2, 0.25) is 0 Å². The number of amides is 2. The second-order valence-electron chi connectivity index (χ2n) is 9.73. The van der Waals surface area contributed by atoms with Crippen LogP contribution in [-0.2, 0) is 26.0 Å². The molecule has 2 N–H and O–H groups in total. The molecular weight excluding hydrogens is 542 g/mol. The molecule has 10 heteroatoms. The summed E-state index contributed by atoms with van der Waals surface area (Å²) in [4.78, 5) is 44.6. The van der Waals surface area contributed by atoms with E-state index in [1.165, 1.54) is 12.1 Å². The lowest BCUT2D eigenvalue weighted by Crippen LogP contribution is -2.48. The van der Waals surface area contributed by atoms with E-state index in [2.05, 4.69) is 15.6 Å². The minimum atomic E-state index is -3.76. The van der Waals surface area contributed by atoms with Crippen LogP contribution in [0.4, 0.5) is 0 Å². The summed E-state index contributed by atoms with van der Waals surface area (Å²) in [5.41, 5.74) is 1.78. The van der Waals surface area contributed by atoms with E-state index >= 15 is 0 Å². The Kier molecular flexibility index (Phi) is 10.0. The molecule has 0 aliphatic heterocycles. The van der Waals surface area contributed by atoms with E-state index in [0.717, 1.165) is 12.0 Å². The molecule has 0 radical (unpaired) electrons. The van der Waals surface area contributed by atoms with Crippen LogP contribution in [0.15, 0.2) is 94.2 Å². The molecular formula is C31H33N3O6S. The molecule has 1 unspecified atom stereocenters. The summed E-state index contributed by atoms with van der Waals surface area (Å²) < 4.78 is 31.6. The van der Waals surface area contributed by atoms with Gasteiger partial charge in [-0.05, 0) is 42.7 Å². The molecule has 0 aliphatic rings. The molecule has 1 heterocycles. The van der Waals surface area contributed by atoms with E-state index in [-0.39, 0.29) is 23.8 Å². The first kappa shape index (κ1) is 29.7. The Bertz CT molecular complexity index is 1550. The quantitative estimate of drug-likeness (QED) is 0.167. The van der Waals surface area contributed by atoms with Gasteiger partial charge in [-0.15, -0.1) is 0 Å². The maximum absolute atomic E-state index is 13.6. The molecule has 0 bridgehead atoms. The largest absolute Gasteiger partial charge is 0.434 e. The summed E-state index contributed by atoms with van der Waals surface area (Å²) in [5, 5.41) is 5.45. The zero-order chi connectivity index (χ0) is 29.2. The first-order chi connectivity index (χ1) is 19.8. The molecule has 0 saturated carbocycles. The van der Waals surface area contributed by atoms with Crippen LogP contribution in [0.25, 0.3) is 11.1 Å². The van der Waals surface area contributed by atoms with Gasteiger partial charge in [-0.25, -0.2) is 13.4 Å². The van der Waals surface area contributed by atoms with Gasteiger partial charge in [0, 0.05) is 6.54 Å². The number of carbonyl (C=O) groups is 3. The standard InChI is InChI=1S/C31H33N3O6S/c1-2-3-16-26(28(35)31-34-25-17-10-11-18-27(25)40-31)33-30(37)24(29(36)32-21-22-12-6-4-7-13-22)19-20-41(38,39)23-14-8-5-9-15-23/h4-15,17-18,24,26H,2-3,16,19-21H2,1H3,(H,32,36)(H,33,37)/t24?,26-/m0/s1. The van der Waals surface area contributed by atoms with E-state index in [0.29, 0.717) is 23.9 Å². The number of nitrogens with one attached hydrogen (secondary N) is 2. The van der Waals surface area contributed by atoms with Crippen molar-refractivity contribution in [2.24, 2.45) is 5.92 Å². The Labute approximate surface area is 239 Å². The number of rotatable bonds is 14. The number of ketones is 1. The topological polar surface area (TPSA) is 135 Å². The van der Waals surface area contributed by atoms with Crippen molar-refractivity contribution in [3.05, 3.63) is 96.4 Å². The normalized spacial score (nSPS) is 12.9. The number of oxazole rings is 1. The first-order valence-corrected chi connectivity index (χ1v) is 15.2. The summed E-state index contributed by atoms with van der Waals surface area (Å²) in [5.74, 6) is -3.78. The van der Waals surface area contributed by atoms with Crippen LogP contribution in [0.3, 0.4) is 0 Å². The molecule has 214 valence electrons. The number of unbranched alkanes of at least 4 members (excludes halogenated alkanes) is 1. The Morgan fingerprint density at radius 2 is 1.51 bits per heavy atom. The summed E-state index contributed by atoms with van der Waals surface area (Å²) in [7, 11) is -3.76. The molecule has 1 aromatic heterocycles. The van der Waals surface area contributed by atoms with Crippen molar-refractivity contribution in [2.75, 3.05) is 5.75 Å². The summed E-state index contributed by atoms with van der Waals surface area (Å²) in [6.45, 7) is 2.12. The highest BCUT2D eigenvalue weighted by molar-refractivity contribution is 7.91. The average Bonchev–Trinajstić information content (AvgIpc) is 3.43. The Balaban J connectivity index is 1.54. The predicted molar refractivity (Wildman–Crippen MR) is 155 cm³/mol. The highest BCUT2D eigenvalue weighted by atomic mass is 32.2. The fourth-order valence-corrected chi connectivity index (χ4v) is 5.74. The maximum atomic E-state index is 13.6. The maximum Gasteiger partial charge on any atom is 0.266 e. The van der Waals surface area contributed by atoms with Crippen molar-refractivity contribution in [3.8, 4) is 0 Å². The monoisotopic (exact) mass is 575 g/mol. The van der Waals surface area contributed by atoms with Gasteiger partial charge in [0.2, 0.25) is 17.6 Å². The van der Waals surface area contributed by atoms with Crippen LogP contribution in [0, 0.1) is 5.92 Å². The van der Waals surface area contributed by atoms with E-state index in [9.17, 15) is 22.8 Å². The van der Waals surface area contributed by atoms with Gasteiger partial charge in [0.1, 0.15) is 11.4 Å². The molecule has 0 saturated heterocycles. The lowest BCUT2D eigenvalue weighted by atomic mass is 10.0. The second-order valence-corrected chi connectivity index (χ2v) is 11.8. The molecule has 3 aromatic carbocycles. The zero-order valence-electron chi connectivity index (χ0n) is 22.8. The van der Waals surface area contributed by atoms with Crippen molar-refractivity contribution in [3.63, 3.8) is 0 Å². The molecule has 0 aliphatic carbocycles. The zero-order valence-corrected chi connectivity index (χ0v) is 23.6. The van der Waals surface area contributed by atoms with Crippen LogP contribution >= 0.6 is 0 Å². The first-order valence-electron chi connectivity index (χ1n) is 13.6. The van der Waals surface area contributed by atoms with Crippen molar-refractivity contribution >= 4 is 38.5 Å². The highest BCUT2D eigenvalue weighted by Crippen LogP contribution is 2.19. The van der Waals surface area contributed by atoms with Crippen molar-refractivity contribution in [2.45, 2.75) is 50.1 Å². The van der Waals surface area contributed by atoms with Gasteiger partial charge in [0.25, 0.3) is 5.89 Å². The number of carbonyl (C=O) groups excluding carboxylic acids is 3. The minimum Gasteiger partial charge on any atom is -0.434 e. The third kappa shape index (κ3) is 7.88. The molecule has 0 spiro atoms. The Morgan fingerprint density at radius 3 is 2.20 bits per heavy atom. The molecule has 9 nitrogen and oxygen atoms in total. The predicted octanol–water partition coefficient (Wildman–Crippen LogP) is 4.48. The molecule has 4 aromatic rings. The molecule has 2 amide bonds. The van der Waals surface area contributed by atoms with Gasteiger partial charge in [-0.1, -0.05) is 80.4 Å². The lowest BCUT2D eigenvalue weighted by Gasteiger charge is -2.21. The van der Waals surface area contributed by atoms with Gasteiger partial charge in [-0.3, -0.25) is 14.4 Å². The third-order valence-corrected chi connectivity index (χ3v) is 8.47. The smallest absolute Gasteiger partial charge is 0.266 e. The number of sulfone groups is 1. The minimum absolute atomic E-state index is 0.107. The summed E-state index contributed by atoms with van der Waals surface area (Å²) in [6.07, 6.45) is 1.44. The number of para-hydroxylation sites is 2. The Hall–Kier alpha value is -4.31. The van der Waals surface area contributed by atoms with E-state index < -0.39 is 45.1 Å². The third-order valence-electron chi connectivity index (χ3n) is 6.70. The SMILES string of the molecule is CCCC[C@H](NC(=O)C(CCS(=O)(=O)c1ccccc1)C(=O)NCc1ccccc1)C(=O)c1nc2ccccc2o1. The van der Waals surface area contributed by atoms with Gasteiger partial charge < -0.3 is 15.1 Å². The van der Waals surface area contributed by atoms with Gasteiger partial charge in [0.05, 0.1) is 16.7 Å². The number of Topliss-reactive ketones (excluding diaryl/α,β-unsaturated/α-hetero) is 1. The van der Waals surface area contributed by atoms with Crippen LogP contribution in [0.1, 0.15) is 48.9 Å². The van der Waals surface area contributed by atoms with E-state index in [1.54, 1.807) is 42.5 Å². The van der Waals surface area contributed by atoms with Crippen molar-refractivity contribution in [1.82, 2.24) is 15.6 Å². The molecule has 0 fully saturated rings. The van der Waals surface area contributed by atoms with E-state index in [4.69, 9.17) is 4.42 Å². The van der Waals surface area contributed by atoms with Gasteiger partial charge in [-0.2, -0.15) is 0 Å². The van der Waals surface area contributed by atoms with Crippen LogP contribution in [0.5, 0.6) is 0 Å². The number of hydrogen-bond donors (Lipinski definition) is 2. The highest BCUT2D eigenvalue weighted by Gasteiger charge is 2.33. The fourth-order valence-electron chi connectivity index (χ4n) is 4.38. The summed E-state index contributed by atoms with van der Waals surface area (Å²) in [6, 6.07) is 23.0. The summed E-state index contributed by atoms with van der Waals surface area (Å²) >= 11 is 0. The molecule has 4 rings (SSSR count). The van der Waals surface area contributed by atoms with Crippen molar-refractivity contribution < 1.29 is 27.2 Å². The molecule has 2 atom stereocenters.